The SMILES string of the molecule is CC(C)(C)c1ccc(N(C(=O)[C@H]2CCCN2C#N)C(C(=O)N2CCC(NC(=O)O)CC2)c2cccnc2)cc1. The maximum Gasteiger partial charge on any atom is 0.404 e. The van der Waals surface area contributed by atoms with Gasteiger partial charge in [-0.25, -0.2) is 4.79 Å². The number of anilines is 1. The number of carboxylic acid groups (broad SMARTS) is 1. The van der Waals surface area contributed by atoms with Crippen LogP contribution in [0.25, 0.3) is 0 Å². The largest absolute Gasteiger partial charge is 0.465 e. The normalized spacial score (nSPS) is 18.8. The Balaban J connectivity index is 1.75. The molecule has 0 saturated carbocycles. The first-order valence-electron chi connectivity index (χ1n) is 13.4. The molecule has 3 amide bonds. The molecule has 2 N–H and O–H groups in total. The number of nitrogens with zero attached hydrogens (tertiary/aromatic N) is 5. The van der Waals surface area contributed by atoms with Gasteiger partial charge in [0.25, 0.3) is 5.91 Å². The van der Waals surface area contributed by atoms with Gasteiger partial charge in [0.05, 0.1) is 0 Å². The lowest BCUT2D eigenvalue weighted by molar-refractivity contribution is -0.136. The third-order valence-corrected chi connectivity index (χ3v) is 7.54. The average Bonchev–Trinajstić information content (AvgIpc) is 3.40. The number of hydrogen-bond acceptors (Lipinski definition) is 6. The zero-order valence-electron chi connectivity index (χ0n) is 22.7. The summed E-state index contributed by atoms with van der Waals surface area (Å²) in [5.74, 6) is -0.561. The van der Waals surface area contributed by atoms with Crippen molar-refractivity contribution in [1.29, 1.82) is 5.26 Å². The maximum atomic E-state index is 14.2. The van der Waals surface area contributed by atoms with Crippen molar-refractivity contribution in [2.24, 2.45) is 0 Å². The van der Waals surface area contributed by atoms with Crippen LogP contribution >= 0.6 is 0 Å². The zero-order valence-corrected chi connectivity index (χ0v) is 22.7. The van der Waals surface area contributed by atoms with Crippen LogP contribution in [0.3, 0.4) is 0 Å². The molecular formula is C29H36N6O4. The number of carbonyl (C=O) groups excluding carboxylic acids is 2. The molecule has 2 saturated heterocycles. The summed E-state index contributed by atoms with van der Waals surface area (Å²) < 4.78 is 0. The van der Waals surface area contributed by atoms with Crippen LogP contribution in [-0.2, 0) is 15.0 Å². The summed E-state index contributed by atoms with van der Waals surface area (Å²) in [5.41, 5.74) is 2.14. The molecule has 1 unspecified atom stereocenters. The number of benzene rings is 1. The molecule has 0 bridgehead atoms. The van der Waals surface area contributed by atoms with Gasteiger partial charge in [-0.05, 0) is 54.9 Å². The summed E-state index contributed by atoms with van der Waals surface area (Å²) in [7, 11) is 0. The highest BCUT2D eigenvalue weighted by atomic mass is 16.4. The fraction of sp³-hybridized carbons (Fsp3) is 0.483. The van der Waals surface area contributed by atoms with Gasteiger partial charge in [-0.2, -0.15) is 5.26 Å². The smallest absolute Gasteiger partial charge is 0.404 e. The van der Waals surface area contributed by atoms with Gasteiger partial charge >= 0.3 is 6.09 Å². The van der Waals surface area contributed by atoms with E-state index in [0.29, 0.717) is 50.1 Å². The van der Waals surface area contributed by atoms with E-state index < -0.39 is 18.2 Å². The highest BCUT2D eigenvalue weighted by Gasteiger charge is 2.42. The Morgan fingerprint density at radius 1 is 1.10 bits per heavy atom. The Labute approximate surface area is 229 Å². The second-order valence-corrected chi connectivity index (χ2v) is 11.2. The van der Waals surface area contributed by atoms with Crippen molar-refractivity contribution in [3.05, 3.63) is 59.9 Å². The van der Waals surface area contributed by atoms with Crippen molar-refractivity contribution < 1.29 is 19.5 Å². The lowest BCUT2D eigenvalue weighted by Gasteiger charge is -2.39. The molecule has 39 heavy (non-hydrogen) atoms. The Morgan fingerprint density at radius 2 is 1.79 bits per heavy atom. The van der Waals surface area contributed by atoms with E-state index in [-0.39, 0.29) is 23.3 Å². The number of nitriles is 1. The highest BCUT2D eigenvalue weighted by Crippen LogP contribution is 2.34. The predicted molar refractivity (Wildman–Crippen MR) is 146 cm³/mol. The molecule has 2 aliphatic rings. The van der Waals surface area contributed by atoms with Crippen molar-refractivity contribution in [2.75, 3.05) is 24.5 Å². The molecule has 10 heteroatoms. The van der Waals surface area contributed by atoms with Gasteiger partial charge < -0.3 is 15.3 Å². The summed E-state index contributed by atoms with van der Waals surface area (Å²) in [5, 5.41) is 21.3. The van der Waals surface area contributed by atoms with Crippen molar-refractivity contribution in [2.45, 2.75) is 70.0 Å². The van der Waals surface area contributed by atoms with Gasteiger partial charge in [-0.15, -0.1) is 0 Å². The van der Waals surface area contributed by atoms with Crippen LogP contribution in [0.5, 0.6) is 0 Å². The number of likely N-dealkylation sites (tertiary alicyclic amines) is 2. The number of amides is 3. The minimum Gasteiger partial charge on any atom is -0.465 e. The Kier molecular flexibility index (Phi) is 8.38. The summed E-state index contributed by atoms with van der Waals surface area (Å²) in [4.78, 5) is 48.5. The van der Waals surface area contributed by atoms with E-state index >= 15 is 0 Å². The Hall–Kier alpha value is -4.13. The number of carbonyl (C=O) groups is 3. The second kappa shape index (κ2) is 11.7. The molecule has 3 heterocycles. The summed E-state index contributed by atoms with van der Waals surface area (Å²) in [6.07, 6.45) is 6.50. The zero-order chi connectivity index (χ0) is 28.2. The van der Waals surface area contributed by atoms with Crippen LogP contribution in [0.4, 0.5) is 10.5 Å². The highest BCUT2D eigenvalue weighted by molar-refractivity contribution is 6.04. The van der Waals surface area contributed by atoms with E-state index in [1.54, 1.807) is 29.4 Å². The number of aromatic nitrogens is 1. The van der Waals surface area contributed by atoms with Crippen LogP contribution in [0.15, 0.2) is 48.8 Å². The summed E-state index contributed by atoms with van der Waals surface area (Å²) >= 11 is 0. The lowest BCUT2D eigenvalue weighted by atomic mass is 9.87. The first kappa shape index (κ1) is 27.9. The number of piperidine rings is 1. The molecule has 4 rings (SSSR count). The van der Waals surface area contributed by atoms with Crippen LogP contribution in [0.1, 0.15) is 63.6 Å². The Bertz CT molecular complexity index is 1210. The first-order valence-corrected chi connectivity index (χ1v) is 13.4. The van der Waals surface area contributed by atoms with Crippen molar-refractivity contribution in [3.63, 3.8) is 0 Å². The molecule has 0 aliphatic carbocycles. The van der Waals surface area contributed by atoms with Gasteiger partial charge in [0, 0.05) is 49.3 Å². The average molecular weight is 533 g/mol. The molecule has 2 fully saturated rings. The molecule has 1 aromatic heterocycles. The van der Waals surface area contributed by atoms with E-state index in [9.17, 15) is 19.6 Å². The minimum absolute atomic E-state index is 0.0939. The molecular weight excluding hydrogens is 496 g/mol. The van der Waals surface area contributed by atoms with Crippen LogP contribution in [0.2, 0.25) is 0 Å². The van der Waals surface area contributed by atoms with E-state index in [2.05, 4.69) is 37.3 Å². The monoisotopic (exact) mass is 532 g/mol. The van der Waals surface area contributed by atoms with Gasteiger partial charge in [0.2, 0.25) is 5.91 Å². The minimum atomic E-state index is -1.08. The molecule has 1 aromatic carbocycles. The van der Waals surface area contributed by atoms with Crippen LogP contribution in [-0.4, -0.2) is 69.5 Å². The van der Waals surface area contributed by atoms with Gasteiger partial charge in [0.1, 0.15) is 12.1 Å². The third kappa shape index (κ3) is 6.30. The van der Waals surface area contributed by atoms with Crippen molar-refractivity contribution >= 4 is 23.6 Å². The Morgan fingerprint density at radius 3 is 2.36 bits per heavy atom. The fourth-order valence-corrected chi connectivity index (χ4v) is 5.36. The van der Waals surface area contributed by atoms with Gasteiger partial charge in [-0.3, -0.25) is 24.4 Å². The molecule has 0 radical (unpaired) electrons. The number of nitrogens with one attached hydrogen (secondary N) is 1. The quantitative estimate of drug-likeness (QED) is 0.543. The van der Waals surface area contributed by atoms with E-state index in [1.165, 1.54) is 9.80 Å². The van der Waals surface area contributed by atoms with Gasteiger partial charge in [-0.1, -0.05) is 39.0 Å². The predicted octanol–water partition coefficient (Wildman–Crippen LogP) is 3.66. The molecule has 206 valence electrons. The fourth-order valence-electron chi connectivity index (χ4n) is 5.36. The van der Waals surface area contributed by atoms with Gasteiger partial charge in [0.15, 0.2) is 6.19 Å². The van der Waals surface area contributed by atoms with E-state index in [0.717, 1.165) is 12.0 Å². The third-order valence-electron chi connectivity index (χ3n) is 7.54. The molecule has 2 aliphatic heterocycles. The van der Waals surface area contributed by atoms with Crippen molar-refractivity contribution in [3.8, 4) is 6.19 Å². The molecule has 2 atom stereocenters. The molecule has 0 spiro atoms. The lowest BCUT2D eigenvalue weighted by Crippen LogP contribution is -2.53. The second-order valence-electron chi connectivity index (χ2n) is 11.2. The first-order chi connectivity index (χ1) is 18.6. The number of hydrogen-bond donors (Lipinski definition) is 2. The standard InChI is InChI=1S/C29H36N6O4/c1-29(2,3)21-8-10-23(11-9-21)35(26(36)24-7-5-15-34(24)19-30)25(20-6-4-14-31-18-20)27(37)33-16-12-22(13-17-33)32-28(38)39/h4,6,8-11,14,18,22,24-25,32H,5,7,12-13,15-17H2,1-3H3,(H,38,39)/t24-,25?/m1/s1. The number of rotatable bonds is 6. The number of pyridine rings is 1. The van der Waals surface area contributed by atoms with E-state index in [4.69, 9.17) is 5.11 Å². The van der Waals surface area contributed by atoms with Crippen LogP contribution in [0, 0.1) is 11.5 Å². The molecule has 10 nitrogen and oxygen atoms in total. The summed E-state index contributed by atoms with van der Waals surface area (Å²) in [6.45, 7) is 7.55. The molecule has 2 aromatic rings. The summed E-state index contributed by atoms with van der Waals surface area (Å²) in [6, 6.07) is 9.32. The maximum absolute atomic E-state index is 14.2. The van der Waals surface area contributed by atoms with E-state index in [1.807, 2.05) is 24.3 Å². The van der Waals surface area contributed by atoms with Crippen molar-refractivity contribution in [1.82, 2.24) is 20.1 Å². The topological polar surface area (TPSA) is 130 Å². The van der Waals surface area contributed by atoms with Crippen LogP contribution < -0.4 is 10.2 Å².